The maximum atomic E-state index is 13.2. The van der Waals surface area contributed by atoms with Crippen LogP contribution in [0.2, 0.25) is 0 Å². The molecule has 0 unspecified atom stereocenters. The first-order chi connectivity index (χ1) is 16.0. The van der Waals surface area contributed by atoms with Gasteiger partial charge >= 0.3 is 0 Å². The molecule has 0 aliphatic carbocycles. The minimum atomic E-state index is -3.68. The smallest absolute Gasteiger partial charge is 0.243 e. The molecule has 0 spiro atoms. The largest absolute Gasteiger partial charge is 0.490 e. The van der Waals surface area contributed by atoms with Crippen molar-refractivity contribution >= 4 is 32.5 Å². The van der Waals surface area contributed by atoms with Crippen molar-refractivity contribution < 1.29 is 22.7 Å². The van der Waals surface area contributed by atoms with Gasteiger partial charge in [-0.05, 0) is 49.2 Å². The summed E-state index contributed by atoms with van der Waals surface area (Å²) in [6.45, 7) is 1.61. The molecule has 0 bridgehead atoms. The van der Waals surface area contributed by atoms with Gasteiger partial charge in [0.15, 0.2) is 11.5 Å². The Balaban J connectivity index is 1.23. The number of amides is 1. The van der Waals surface area contributed by atoms with Crippen LogP contribution in [0.3, 0.4) is 0 Å². The number of pyridine rings is 1. The monoisotopic (exact) mass is 467 g/mol. The Kier molecular flexibility index (Phi) is 5.90. The van der Waals surface area contributed by atoms with Gasteiger partial charge in [0, 0.05) is 48.8 Å². The quantitative estimate of drug-likeness (QED) is 0.631. The number of carbonyl (C=O) groups is 1. The van der Waals surface area contributed by atoms with Crippen LogP contribution in [0.1, 0.15) is 19.3 Å². The lowest BCUT2D eigenvalue weighted by Gasteiger charge is -2.30. The summed E-state index contributed by atoms with van der Waals surface area (Å²) in [5.74, 6) is 0.676. The van der Waals surface area contributed by atoms with Crippen molar-refractivity contribution in [3.05, 3.63) is 54.7 Å². The van der Waals surface area contributed by atoms with Gasteiger partial charge in [0.25, 0.3) is 0 Å². The van der Waals surface area contributed by atoms with E-state index in [2.05, 4.69) is 10.3 Å². The number of aromatic nitrogens is 1. The molecule has 1 fully saturated rings. The fraction of sp³-hybridized carbons (Fsp3) is 0.333. The van der Waals surface area contributed by atoms with Crippen LogP contribution in [-0.4, -0.2) is 49.9 Å². The van der Waals surface area contributed by atoms with E-state index in [9.17, 15) is 13.2 Å². The molecule has 9 heteroatoms. The maximum absolute atomic E-state index is 13.2. The molecule has 2 aromatic carbocycles. The molecule has 172 valence electrons. The highest BCUT2D eigenvalue weighted by Gasteiger charge is 2.32. The Labute approximate surface area is 192 Å². The standard InChI is InChI=1S/C24H25N3O5S/c28-24(26-19-4-6-21-18(15-19)3-1-10-25-21)17-8-11-27(12-9-17)33(29,30)20-5-7-22-23(16-20)32-14-2-13-31-22/h1,3-7,10,15-17H,2,8-9,11-14H2,(H,26,28). The molecule has 2 aliphatic rings. The zero-order valence-corrected chi connectivity index (χ0v) is 18.9. The van der Waals surface area contributed by atoms with E-state index in [4.69, 9.17) is 9.47 Å². The number of anilines is 1. The van der Waals surface area contributed by atoms with E-state index in [-0.39, 0.29) is 29.8 Å². The molecule has 0 saturated carbocycles. The number of hydrogen-bond acceptors (Lipinski definition) is 6. The van der Waals surface area contributed by atoms with E-state index in [1.165, 1.54) is 10.4 Å². The van der Waals surface area contributed by atoms with Gasteiger partial charge in [0.1, 0.15) is 0 Å². The Morgan fingerprint density at radius 3 is 2.61 bits per heavy atom. The van der Waals surface area contributed by atoms with Gasteiger partial charge in [-0.1, -0.05) is 6.07 Å². The highest BCUT2D eigenvalue weighted by atomic mass is 32.2. The molecule has 1 amide bonds. The normalized spacial score (nSPS) is 17.5. The zero-order chi connectivity index (χ0) is 22.8. The average molecular weight is 468 g/mol. The summed E-state index contributed by atoms with van der Waals surface area (Å²) in [5.41, 5.74) is 1.58. The number of piperidine rings is 1. The molecule has 5 rings (SSSR count). The van der Waals surface area contributed by atoms with Crippen molar-refractivity contribution in [3.8, 4) is 11.5 Å². The van der Waals surface area contributed by atoms with E-state index in [0.29, 0.717) is 43.2 Å². The lowest BCUT2D eigenvalue weighted by Crippen LogP contribution is -2.41. The molecule has 2 aliphatic heterocycles. The molecule has 3 aromatic rings. The summed E-state index contributed by atoms with van der Waals surface area (Å²) in [6, 6.07) is 14.1. The lowest BCUT2D eigenvalue weighted by molar-refractivity contribution is -0.120. The fourth-order valence-electron chi connectivity index (χ4n) is 4.21. The second kappa shape index (κ2) is 8.99. The molecule has 33 heavy (non-hydrogen) atoms. The van der Waals surface area contributed by atoms with Crippen LogP contribution < -0.4 is 14.8 Å². The number of hydrogen-bond donors (Lipinski definition) is 1. The van der Waals surface area contributed by atoms with Gasteiger partial charge in [0.2, 0.25) is 15.9 Å². The summed E-state index contributed by atoms with van der Waals surface area (Å²) in [7, 11) is -3.68. The third-order valence-electron chi connectivity index (χ3n) is 6.05. The van der Waals surface area contributed by atoms with Gasteiger partial charge in [0.05, 0.1) is 23.6 Å². The first kappa shape index (κ1) is 21.7. The molecule has 8 nitrogen and oxygen atoms in total. The minimum Gasteiger partial charge on any atom is -0.490 e. The summed E-state index contributed by atoms with van der Waals surface area (Å²) in [6.07, 6.45) is 3.41. The summed E-state index contributed by atoms with van der Waals surface area (Å²) < 4.78 is 39.0. The van der Waals surface area contributed by atoms with Gasteiger partial charge in [-0.25, -0.2) is 8.42 Å². The number of rotatable bonds is 4. The first-order valence-corrected chi connectivity index (χ1v) is 12.5. The molecule has 1 N–H and O–H groups in total. The van der Waals surface area contributed by atoms with Crippen molar-refractivity contribution in [3.63, 3.8) is 0 Å². The van der Waals surface area contributed by atoms with Crippen LogP contribution in [0, 0.1) is 5.92 Å². The first-order valence-electron chi connectivity index (χ1n) is 11.1. The molecule has 0 atom stereocenters. The SMILES string of the molecule is O=C(Nc1ccc2ncccc2c1)C1CCN(S(=O)(=O)c2ccc3c(c2)OCCCO3)CC1. The average Bonchev–Trinajstić information content (AvgIpc) is 3.09. The Bertz CT molecular complexity index is 1290. The molecule has 1 saturated heterocycles. The number of fused-ring (bicyclic) bond motifs is 2. The number of sulfonamides is 1. The second-order valence-corrected chi connectivity index (χ2v) is 10.2. The highest BCUT2D eigenvalue weighted by molar-refractivity contribution is 7.89. The van der Waals surface area contributed by atoms with Gasteiger partial charge in [-0.2, -0.15) is 4.31 Å². The zero-order valence-electron chi connectivity index (χ0n) is 18.1. The third-order valence-corrected chi connectivity index (χ3v) is 7.95. The number of benzene rings is 2. The van der Waals surface area contributed by atoms with E-state index in [0.717, 1.165) is 17.3 Å². The number of carbonyl (C=O) groups excluding carboxylic acids is 1. The third kappa shape index (κ3) is 4.51. The molecular weight excluding hydrogens is 442 g/mol. The Morgan fingerprint density at radius 2 is 1.79 bits per heavy atom. The van der Waals surface area contributed by atoms with Crippen LogP contribution >= 0.6 is 0 Å². The Hall–Kier alpha value is -3.17. The maximum Gasteiger partial charge on any atom is 0.243 e. The minimum absolute atomic E-state index is 0.0918. The fourth-order valence-corrected chi connectivity index (χ4v) is 5.69. The van der Waals surface area contributed by atoms with Crippen molar-refractivity contribution in [1.82, 2.24) is 9.29 Å². The summed E-state index contributed by atoms with van der Waals surface area (Å²) in [4.78, 5) is 17.3. The molecule has 0 radical (unpaired) electrons. The molecule has 3 heterocycles. The summed E-state index contributed by atoms with van der Waals surface area (Å²) in [5, 5.41) is 3.91. The predicted octanol–water partition coefficient (Wildman–Crippen LogP) is 3.44. The van der Waals surface area contributed by atoms with E-state index >= 15 is 0 Å². The predicted molar refractivity (Wildman–Crippen MR) is 124 cm³/mol. The van der Waals surface area contributed by atoms with Gasteiger partial charge in [-0.3, -0.25) is 9.78 Å². The molecule has 1 aromatic heterocycles. The number of nitrogens with zero attached hydrogens (tertiary/aromatic N) is 2. The van der Waals surface area contributed by atoms with Crippen LogP contribution in [0.4, 0.5) is 5.69 Å². The number of nitrogens with one attached hydrogen (secondary N) is 1. The van der Waals surface area contributed by atoms with Crippen LogP contribution in [0.15, 0.2) is 59.6 Å². The van der Waals surface area contributed by atoms with Crippen LogP contribution in [0.5, 0.6) is 11.5 Å². The molecular formula is C24H25N3O5S. The number of ether oxygens (including phenoxy) is 2. The van der Waals surface area contributed by atoms with Crippen molar-refractivity contribution in [2.45, 2.75) is 24.2 Å². The lowest BCUT2D eigenvalue weighted by atomic mass is 9.97. The van der Waals surface area contributed by atoms with E-state index in [1.54, 1.807) is 18.3 Å². The van der Waals surface area contributed by atoms with Crippen LogP contribution in [0.25, 0.3) is 10.9 Å². The van der Waals surface area contributed by atoms with Crippen molar-refractivity contribution in [2.24, 2.45) is 5.92 Å². The van der Waals surface area contributed by atoms with E-state index in [1.807, 2.05) is 30.3 Å². The highest BCUT2D eigenvalue weighted by Crippen LogP contribution is 2.34. The van der Waals surface area contributed by atoms with Gasteiger partial charge < -0.3 is 14.8 Å². The van der Waals surface area contributed by atoms with E-state index < -0.39 is 10.0 Å². The van der Waals surface area contributed by atoms with Crippen molar-refractivity contribution in [2.75, 3.05) is 31.6 Å². The van der Waals surface area contributed by atoms with Crippen molar-refractivity contribution in [1.29, 1.82) is 0 Å². The second-order valence-electron chi connectivity index (χ2n) is 8.24. The summed E-state index contributed by atoms with van der Waals surface area (Å²) >= 11 is 0. The topological polar surface area (TPSA) is 97.8 Å². The Morgan fingerprint density at radius 1 is 1.00 bits per heavy atom. The van der Waals surface area contributed by atoms with Crippen LogP contribution in [-0.2, 0) is 14.8 Å². The van der Waals surface area contributed by atoms with Gasteiger partial charge in [-0.15, -0.1) is 0 Å².